The number of rotatable bonds is 4. The van der Waals surface area contributed by atoms with Crippen molar-refractivity contribution in [1.82, 2.24) is 39.7 Å². The minimum atomic E-state index is 0.197. The van der Waals surface area contributed by atoms with E-state index in [4.69, 9.17) is 9.26 Å². The molecule has 27 heavy (non-hydrogen) atoms. The van der Waals surface area contributed by atoms with Gasteiger partial charge >= 0.3 is 0 Å². The second-order valence-electron chi connectivity index (χ2n) is 6.07. The molecule has 1 aromatic carbocycles. The molecule has 0 saturated heterocycles. The van der Waals surface area contributed by atoms with Crippen molar-refractivity contribution in [1.29, 1.82) is 0 Å². The molecule has 134 valence electrons. The normalized spacial score (nSPS) is 11.5. The summed E-state index contributed by atoms with van der Waals surface area (Å²) in [4.78, 5) is 4.18. The monoisotopic (exact) mass is 362 g/mol. The first-order chi connectivity index (χ1) is 13.2. The summed E-state index contributed by atoms with van der Waals surface area (Å²) in [5.41, 5.74) is 1.36. The van der Waals surface area contributed by atoms with Crippen LogP contribution in [0.3, 0.4) is 0 Å². The second-order valence-corrected chi connectivity index (χ2v) is 6.07. The van der Waals surface area contributed by atoms with Crippen LogP contribution in [0, 0.1) is 6.92 Å². The predicted octanol–water partition coefficient (Wildman–Crippen LogP) is 1.95. The summed E-state index contributed by atoms with van der Waals surface area (Å²) in [5, 5.41) is 22.9. The zero-order valence-electron chi connectivity index (χ0n) is 14.6. The summed E-state index contributed by atoms with van der Waals surface area (Å²) in [6, 6.07) is 9.51. The highest BCUT2D eigenvalue weighted by Gasteiger charge is 2.19. The van der Waals surface area contributed by atoms with Crippen molar-refractivity contribution in [3.05, 3.63) is 48.2 Å². The van der Waals surface area contributed by atoms with Crippen LogP contribution in [0.4, 0.5) is 0 Å². The quantitative estimate of drug-likeness (QED) is 0.477. The van der Waals surface area contributed by atoms with Crippen LogP contribution in [0.15, 0.2) is 41.2 Å². The number of ether oxygens (including phenoxy) is 1. The number of aryl methyl sites for hydroxylation is 2. The summed E-state index contributed by atoms with van der Waals surface area (Å²) < 4.78 is 14.5. The van der Waals surface area contributed by atoms with Gasteiger partial charge in [0.2, 0.25) is 17.5 Å². The van der Waals surface area contributed by atoms with Gasteiger partial charge in [-0.05, 0) is 13.0 Å². The molecular formula is C17H14N8O2. The van der Waals surface area contributed by atoms with Crippen LogP contribution < -0.4 is 4.74 Å². The van der Waals surface area contributed by atoms with E-state index in [0.29, 0.717) is 28.9 Å². The molecule has 5 aromatic rings. The number of benzene rings is 1. The van der Waals surface area contributed by atoms with Crippen LogP contribution in [0.5, 0.6) is 5.88 Å². The average Bonchev–Trinajstić information content (AvgIpc) is 3.39. The lowest BCUT2D eigenvalue weighted by atomic mass is 10.2. The van der Waals surface area contributed by atoms with E-state index < -0.39 is 0 Å². The van der Waals surface area contributed by atoms with Crippen molar-refractivity contribution in [2.45, 2.75) is 13.5 Å². The van der Waals surface area contributed by atoms with Gasteiger partial charge in [0.1, 0.15) is 6.33 Å². The lowest BCUT2D eigenvalue weighted by Gasteiger charge is -2.08. The molecule has 0 N–H and O–H groups in total. The van der Waals surface area contributed by atoms with Crippen molar-refractivity contribution in [2.75, 3.05) is 0 Å². The first kappa shape index (κ1) is 15.4. The topological polar surface area (TPSA) is 109 Å². The predicted molar refractivity (Wildman–Crippen MR) is 93.9 cm³/mol. The van der Waals surface area contributed by atoms with Crippen LogP contribution in [0.1, 0.15) is 11.5 Å². The lowest BCUT2D eigenvalue weighted by Crippen LogP contribution is -2.04. The first-order valence-corrected chi connectivity index (χ1v) is 8.24. The standard InChI is InChI=1S/C17H14N8O2/c1-10-7-13(27-23-10)16-20-19-15-11-5-3-4-6-12(11)17(22-25(15)16)26-8-14-18-9-24(2)21-14/h3-7,9H,8H2,1-2H3. The van der Waals surface area contributed by atoms with Crippen LogP contribution in [-0.4, -0.2) is 39.7 Å². The Morgan fingerprint density at radius 1 is 1.11 bits per heavy atom. The summed E-state index contributed by atoms with van der Waals surface area (Å²) in [7, 11) is 1.80. The van der Waals surface area contributed by atoms with E-state index in [0.717, 1.165) is 16.5 Å². The zero-order chi connectivity index (χ0) is 18.4. The van der Waals surface area contributed by atoms with E-state index in [1.165, 1.54) is 0 Å². The van der Waals surface area contributed by atoms with Crippen molar-refractivity contribution >= 4 is 16.4 Å². The molecular weight excluding hydrogens is 348 g/mol. The van der Waals surface area contributed by atoms with Gasteiger partial charge in [-0.25, -0.2) is 4.98 Å². The number of hydrogen-bond donors (Lipinski definition) is 0. The fraction of sp³-hybridized carbons (Fsp3) is 0.176. The highest BCUT2D eigenvalue weighted by Crippen LogP contribution is 2.29. The molecule has 0 amide bonds. The van der Waals surface area contributed by atoms with E-state index in [-0.39, 0.29) is 6.61 Å². The van der Waals surface area contributed by atoms with Crippen molar-refractivity contribution in [3.63, 3.8) is 0 Å². The average molecular weight is 362 g/mol. The molecule has 0 aliphatic heterocycles. The van der Waals surface area contributed by atoms with E-state index in [1.807, 2.05) is 31.2 Å². The summed E-state index contributed by atoms with van der Waals surface area (Å²) in [5.74, 6) is 1.94. The van der Waals surface area contributed by atoms with Gasteiger partial charge in [-0.15, -0.1) is 15.3 Å². The molecule has 10 heteroatoms. The number of fused-ring (bicyclic) bond motifs is 3. The van der Waals surface area contributed by atoms with Gasteiger partial charge < -0.3 is 9.26 Å². The largest absolute Gasteiger partial charge is 0.468 e. The number of aromatic nitrogens is 8. The molecule has 0 bridgehead atoms. The Balaban J connectivity index is 1.66. The van der Waals surface area contributed by atoms with Crippen molar-refractivity contribution in [2.24, 2.45) is 7.05 Å². The molecule has 0 spiro atoms. The Morgan fingerprint density at radius 3 is 2.70 bits per heavy atom. The Labute approximate surface area is 152 Å². The Bertz CT molecular complexity index is 1270. The van der Waals surface area contributed by atoms with Crippen molar-refractivity contribution in [3.8, 4) is 17.5 Å². The molecule has 0 saturated carbocycles. The molecule has 0 fully saturated rings. The Kier molecular flexibility index (Phi) is 3.35. The molecule has 5 rings (SSSR count). The molecule has 4 aromatic heterocycles. The minimum Gasteiger partial charge on any atom is -0.468 e. The van der Waals surface area contributed by atoms with Crippen LogP contribution in [0.2, 0.25) is 0 Å². The number of nitrogens with zero attached hydrogens (tertiary/aromatic N) is 8. The highest BCUT2D eigenvalue weighted by atomic mass is 16.5. The third kappa shape index (κ3) is 2.58. The van der Waals surface area contributed by atoms with Gasteiger partial charge in [-0.3, -0.25) is 4.68 Å². The van der Waals surface area contributed by atoms with Crippen LogP contribution in [0.25, 0.3) is 28.0 Å². The molecule has 0 radical (unpaired) electrons. The van der Waals surface area contributed by atoms with E-state index in [2.05, 4.69) is 30.5 Å². The minimum absolute atomic E-state index is 0.197. The number of hydrogen-bond acceptors (Lipinski definition) is 8. The van der Waals surface area contributed by atoms with Gasteiger partial charge in [-0.2, -0.15) is 9.61 Å². The van der Waals surface area contributed by atoms with E-state index >= 15 is 0 Å². The van der Waals surface area contributed by atoms with Gasteiger partial charge in [0.15, 0.2) is 18.1 Å². The Morgan fingerprint density at radius 2 is 1.96 bits per heavy atom. The first-order valence-electron chi connectivity index (χ1n) is 8.24. The van der Waals surface area contributed by atoms with Gasteiger partial charge in [-0.1, -0.05) is 23.4 Å². The van der Waals surface area contributed by atoms with Gasteiger partial charge in [0.25, 0.3) is 0 Å². The fourth-order valence-corrected chi connectivity index (χ4v) is 2.86. The molecule has 0 aliphatic carbocycles. The molecule has 0 aliphatic rings. The molecule has 0 atom stereocenters. The van der Waals surface area contributed by atoms with Crippen molar-refractivity contribution < 1.29 is 9.26 Å². The summed E-state index contributed by atoms with van der Waals surface area (Å²) in [6.45, 7) is 2.04. The smallest absolute Gasteiger partial charge is 0.240 e. The summed E-state index contributed by atoms with van der Waals surface area (Å²) in [6.07, 6.45) is 1.62. The van der Waals surface area contributed by atoms with E-state index in [9.17, 15) is 0 Å². The van der Waals surface area contributed by atoms with Crippen LogP contribution in [-0.2, 0) is 13.7 Å². The van der Waals surface area contributed by atoms with Gasteiger partial charge in [0.05, 0.1) is 5.69 Å². The maximum Gasteiger partial charge on any atom is 0.240 e. The Hall–Kier alpha value is -3.82. The third-order valence-electron chi connectivity index (χ3n) is 4.06. The fourth-order valence-electron chi connectivity index (χ4n) is 2.86. The SMILES string of the molecule is Cc1cc(-c2nnc3c4ccccc4c(OCc4ncn(C)n4)nn23)on1. The third-order valence-corrected chi connectivity index (χ3v) is 4.06. The molecule has 10 nitrogen and oxygen atoms in total. The zero-order valence-corrected chi connectivity index (χ0v) is 14.6. The van der Waals surface area contributed by atoms with Crippen LogP contribution >= 0.6 is 0 Å². The highest BCUT2D eigenvalue weighted by molar-refractivity contribution is 5.96. The van der Waals surface area contributed by atoms with E-state index in [1.54, 1.807) is 28.6 Å². The lowest BCUT2D eigenvalue weighted by molar-refractivity contribution is 0.283. The summed E-state index contributed by atoms with van der Waals surface area (Å²) >= 11 is 0. The molecule has 0 unspecified atom stereocenters. The molecule has 4 heterocycles. The van der Waals surface area contributed by atoms with Gasteiger partial charge in [0, 0.05) is 23.9 Å². The maximum atomic E-state index is 5.92. The maximum absolute atomic E-state index is 5.92. The second kappa shape index (κ2) is 5.87.